The molecule has 1 unspecified atom stereocenters. The second kappa shape index (κ2) is 7.28. The topological polar surface area (TPSA) is 85.6 Å². The van der Waals surface area contributed by atoms with Crippen molar-refractivity contribution >= 4 is 17.7 Å². The first kappa shape index (κ1) is 15.7. The number of Topliss-reactive ketones (excluding diaryl/α,β-unsaturated/α-hetero) is 2. The van der Waals surface area contributed by atoms with Crippen molar-refractivity contribution in [1.29, 1.82) is 0 Å². The maximum Gasteiger partial charge on any atom is 0.408 e. The van der Waals surface area contributed by atoms with Crippen LogP contribution in [0.25, 0.3) is 0 Å². The summed E-state index contributed by atoms with van der Waals surface area (Å²) in [6.45, 7) is 6.03. The second-order valence-electron chi connectivity index (χ2n) is 4.22. The number of rotatable bonds is 7. The number of carbonyl (C=O) groups is 3. The molecule has 108 valence electrons. The third-order valence-electron chi connectivity index (χ3n) is 2.66. The Balaban J connectivity index is 2.96. The normalized spacial score (nSPS) is 11.8. The highest BCUT2D eigenvalue weighted by Gasteiger charge is 2.34. The molecule has 0 saturated carbocycles. The molecule has 1 N–H and O–H groups in total. The van der Waals surface area contributed by atoms with E-state index >= 15 is 0 Å². The molecule has 0 fully saturated rings. The number of alkyl carbamates (subject to hydrolysis) is 1. The van der Waals surface area contributed by atoms with Gasteiger partial charge in [-0.05, 0) is 26.0 Å². The number of carbonyl (C=O) groups excluding carboxylic acids is 3. The lowest BCUT2D eigenvalue weighted by molar-refractivity contribution is -0.131. The van der Waals surface area contributed by atoms with Gasteiger partial charge in [-0.15, -0.1) is 0 Å². The zero-order chi connectivity index (χ0) is 15.1. The monoisotopic (exact) mass is 279 g/mol. The van der Waals surface area contributed by atoms with Crippen LogP contribution in [0.2, 0.25) is 0 Å². The Kier molecular flexibility index (Phi) is 5.71. The summed E-state index contributed by atoms with van der Waals surface area (Å²) >= 11 is 0. The molecule has 20 heavy (non-hydrogen) atoms. The van der Waals surface area contributed by atoms with Gasteiger partial charge in [0.2, 0.25) is 0 Å². The van der Waals surface area contributed by atoms with Crippen LogP contribution in [0, 0.1) is 5.92 Å². The number of hydrogen-bond acceptors (Lipinski definition) is 5. The maximum absolute atomic E-state index is 11.6. The average molecular weight is 279 g/mol. The Morgan fingerprint density at radius 2 is 2.05 bits per heavy atom. The Labute approximate surface area is 116 Å². The van der Waals surface area contributed by atoms with Crippen LogP contribution in [0.15, 0.2) is 35.5 Å². The molecule has 1 aromatic rings. The standard InChI is InChI=1S/C14H17NO5/c1-4-7-20-14(18)15-13(11-6-5-8-19-11)12(9(2)16)10(3)17/h4-6,8,12-13H,1,7H2,2-3H3,(H,15,18). The molecule has 1 amide bonds. The molecule has 0 aliphatic carbocycles. The van der Waals surface area contributed by atoms with Crippen LogP contribution in [0.1, 0.15) is 25.6 Å². The number of ether oxygens (including phenoxy) is 1. The Morgan fingerprint density at radius 1 is 1.40 bits per heavy atom. The predicted molar refractivity (Wildman–Crippen MR) is 71.0 cm³/mol. The Morgan fingerprint density at radius 3 is 2.50 bits per heavy atom. The van der Waals surface area contributed by atoms with E-state index in [0.717, 1.165) is 0 Å². The summed E-state index contributed by atoms with van der Waals surface area (Å²) in [5.74, 6) is -1.42. The second-order valence-corrected chi connectivity index (χ2v) is 4.22. The van der Waals surface area contributed by atoms with Gasteiger partial charge in [0.15, 0.2) is 0 Å². The van der Waals surface area contributed by atoms with Crippen molar-refractivity contribution in [2.24, 2.45) is 5.92 Å². The van der Waals surface area contributed by atoms with Gasteiger partial charge in [-0.2, -0.15) is 0 Å². The molecule has 0 radical (unpaired) electrons. The van der Waals surface area contributed by atoms with Crippen LogP contribution < -0.4 is 5.32 Å². The summed E-state index contributed by atoms with van der Waals surface area (Å²) in [5, 5.41) is 2.47. The molecular formula is C14H17NO5. The summed E-state index contributed by atoms with van der Waals surface area (Å²) in [4.78, 5) is 34.9. The molecule has 0 aliphatic rings. The van der Waals surface area contributed by atoms with Gasteiger partial charge in [-0.3, -0.25) is 9.59 Å². The smallest absolute Gasteiger partial charge is 0.408 e. The van der Waals surface area contributed by atoms with E-state index in [1.165, 1.54) is 26.2 Å². The number of nitrogens with one attached hydrogen (secondary N) is 1. The number of hydrogen-bond donors (Lipinski definition) is 1. The minimum atomic E-state index is -1.02. The van der Waals surface area contributed by atoms with E-state index in [1.54, 1.807) is 12.1 Å². The molecule has 1 aromatic heterocycles. The van der Waals surface area contributed by atoms with Crippen molar-refractivity contribution in [3.05, 3.63) is 36.8 Å². The maximum atomic E-state index is 11.6. The minimum absolute atomic E-state index is 0.0293. The van der Waals surface area contributed by atoms with E-state index in [2.05, 4.69) is 11.9 Å². The van der Waals surface area contributed by atoms with Crippen molar-refractivity contribution in [2.45, 2.75) is 19.9 Å². The van der Waals surface area contributed by atoms with Crippen LogP contribution >= 0.6 is 0 Å². The molecule has 1 rings (SSSR count). The highest BCUT2D eigenvalue weighted by atomic mass is 16.5. The van der Waals surface area contributed by atoms with E-state index < -0.39 is 18.1 Å². The predicted octanol–water partition coefficient (Wildman–Crippen LogP) is 2.03. The highest BCUT2D eigenvalue weighted by Crippen LogP contribution is 2.24. The van der Waals surface area contributed by atoms with Gasteiger partial charge in [0.25, 0.3) is 0 Å². The zero-order valence-electron chi connectivity index (χ0n) is 11.4. The van der Waals surface area contributed by atoms with Gasteiger partial charge in [0.1, 0.15) is 35.9 Å². The summed E-state index contributed by atoms with van der Waals surface area (Å²) in [5.41, 5.74) is 0. The largest absolute Gasteiger partial charge is 0.467 e. The molecule has 0 saturated heterocycles. The summed E-state index contributed by atoms with van der Waals surface area (Å²) in [7, 11) is 0. The number of amides is 1. The molecule has 1 atom stereocenters. The van der Waals surface area contributed by atoms with Crippen molar-refractivity contribution in [3.63, 3.8) is 0 Å². The molecule has 1 heterocycles. The molecule has 6 heteroatoms. The molecule has 0 aromatic carbocycles. The highest BCUT2D eigenvalue weighted by molar-refractivity contribution is 6.01. The van der Waals surface area contributed by atoms with Crippen LogP contribution in [-0.4, -0.2) is 24.3 Å². The van der Waals surface area contributed by atoms with Crippen LogP contribution in [0.4, 0.5) is 4.79 Å². The lowest BCUT2D eigenvalue weighted by Gasteiger charge is -2.22. The molecule has 0 aliphatic heterocycles. The fourth-order valence-corrected chi connectivity index (χ4v) is 1.85. The van der Waals surface area contributed by atoms with Crippen molar-refractivity contribution in [1.82, 2.24) is 5.32 Å². The first-order valence-corrected chi connectivity index (χ1v) is 6.05. The van der Waals surface area contributed by atoms with E-state index in [1.807, 2.05) is 0 Å². The quantitative estimate of drug-likeness (QED) is 0.609. The van der Waals surface area contributed by atoms with Crippen LogP contribution in [0.3, 0.4) is 0 Å². The van der Waals surface area contributed by atoms with Crippen molar-refractivity contribution < 1.29 is 23.5 Å². The van der Waals surface area contributed by atoms with Crippen LogP contribution in [-0.2, 0) is 14.3 Å². The first-order valence-electron chi connectivity index (χ1n) is 6.05. The van der Waals surface area contributed by atoms with Crippen LogP contribution in [0.5, 0.6) is 0 Å². The summed E-state index contributed by atoms with van der Waals surface area (Å²) < 4.78 is 9.98. The van der Waals surface area contributed by atoms with Crippen molar-refractivity contribution in [3.8, 4) is 0 Å². The van der Waals surface area contributed by atoms with Crippen molar-refractivity contribution in [2.75, 3.05) is 6.61 Å². The van der Waals surface area contributed by atoms with Gasteiger partial charge in [-0.25, -0.2) is 4.79 Å². The molecule has 0 bridgehead atoms. The van der Waals surface area contributed by atoms with Gasteiger partial charge in [0.05, 0.1) is 6.26 Å². The minimum Gasteiger partial charge on any atom is -0.467 e. The number of ketones is 2. The van der Waals surface area contributed by atoms with Gasteiger partial charge in [-0.1, -0.05) is 12.7 Å². The Hall–Kier alpha value is -2.37. The average Bonchev–Trinajstić information content (AvgIpc) is 2.88. The summed E-state index contributed by atoms with van der Waals surface area (Å²) in [6, 6.07) is 2.30. The van der Waals surface area contributed by atoms with Gasteiger partial charge < -0.3 is 14.5 Å². The number of furan rings is 1. The fourth-order valence-electron chi connectivity index (χ4n) is 1.85. The first-order chi connectivity index (χ1) is 9.47. The van der Waals surface area contributed by atoms with Gasteiger partial charge >= 0.3 is 6.09 Å². The SMILES string of the molecule is C=CCOC(=O)NC(c1ccco1)C(C(C)=O)C(C)=O. The lowest BCUT2D eigenvalue weighted by atomic mass is 9.90. The van der Waals surface area contributed by atoms with Gasteiger partial charge in [0, 0.05) is 0 Å². The van der Waals surface area contributed by atoms with E-state index in [-0.39, 0.29) is 18.2 Å². The molecular weight excluding hydrogens is 262 g/mol. The Bertz CT molecular complexity index is 478. The van der Waals surface area contributed by atoms with E-state index in [4.69, 9.17) is 9.15 Å². The lowest BCUT2D eigenvalue weighted by Crippen LogP contribution is -2.39. The zero-order valence-corrected chi connectivity index (χ0v) is 11.4. The summed E-state index contributed by atoms with van der Waals surface area (Å²) in [6.07, 6.45) is 2.06. The van der Waals surface area contributed by atoms with E-state index in [0.29, 0.717) is 5.76 Å². The molecule has 6 nitrogen and oxygen atoms in total. The fraction of sp³-hybridized carbons (Fsp3) is 0.357. The third kappa shape index (κ3) is 4.08. The van der Waals surface area contributed by atoms with E-state index in [9.17, 15) is 14.4 Å². The third-order valence-corrected chi connectivity index (χ3v) is 2.66. The molecule has 0 spiro atoms.